The summed E-state index contributed by atoms with van der Waals surface area (Å²) in [5.74, 6) is -0.107. The van der Waals surface area contributed by atoms with Gasteiger partial charge in [-0.05, 0) is 62.9 Å². The zero-order valence-electron chi connectivity index (χ0n) is 14.0. The normalized spacial score (nSPS) is 17.7. The number of piperidine rings is 1. The first-order valence-corrected chi connectivity index (χ1v) is 8.98. The molecule has 24 heavy (non-hydrogen) atoms. The number of likely N-dealkylation sites (tertiary alicyclic amines) is 1. The van der Waals surface area contributed by atoms with Crippen molar-refractivity contribution >= 4 is 11.6 Å². The van der Waals surface area contributed by atoms with E-state index in [1.54, 1.807) is 0 Å². The summed E-state index contributed by atoms with van der Waals surface area (Å²) >= 11 is 0. The Balaban J connectivity index is 1.44. The summed E-state index contributed by atoms with van der Waals surface area (Å²) in [5.41, 5.74) is 4.88. The van der Waals surface area contributed by atoms with Crippen LogP contribution in [0, 0.1) is 0 Å². The molecule has 0 unspecified atom stereocenters. The van der Waals surface area contributed by atoms with Crippen LogP contribution in [0.4, 0.5) is 5.69 Å². The number of aryl methyl sites for hydroxylation is 1. The molecular weight excluding hydrogens is 300 g/mol. The average molecular weight is 324 g/mol. The van der Waals surface area contributed by atoms with Crippen molar-refractivity contribution in [3.05, 3.63) is 46.8 Å². The number of carbonyl (C=O) groups is 1. The minimum Gasteiger partial charge on any atom is -0.321 e. The van der Waals surface area contributed by atoms with Crippen molar-refractivity contribution in [1.29, 1.82) is 0 Å². The van der Waals surface area contributed by atoms with Crippen LogP contribution in [0.3, 0.4) is 0 Å². The third kappa shape index (κ3) is 3.22. The standard InChI is InChI=1S/C19H24N4O/c24-19(18-16-8-5-9-17(16)21-22-18)20-15-7-4-6-14(12-15)13-23-10-2-1-3-11-23/h4,6-7,12H,1-3,5,8-11,13H2,(H,20,24)(H,21,22). The third-order valence-corrected chi connectivity index (χ3v) is 5.06. The maximum atomic E-state index is 12.5. The quantitative estimate of drug-likeness (QED) is 0.908. The van der Waals surface area contributed by atoms with E-state index in [1.165, 1.54) is 37.9 Å². The molecule has 2 aliphatic rings. The molecule has 2 heterocycles. The molecule has 0 bridgehead atoms. The van der Waals surface area contributed by atoms with Gasteiger partial charge in [-0.2, -0.15) is 5.10 Å². The van der Waals surface area contributed by atoms with Crippen molar-refractivity contribution in [3.63, 3.8) is 0 Å². The first-order valence-electron chi connectivity index (χ1n) is 8.98. The topological polar surface area (TPSA) is 61.0 Å². The second-order valence-corrected chi connectivity index (χ2v) is 6.87. The van der Waals surface area contributed by atoms with Crippen LogP contribution in [0.5, 0.6) is 0 Å². The van der Waals surface area contributed by atoms with Crippen LogP contribution < -0.4 is 5.32 Å². The molecule has 1 aliphatic heterocycles. The predicted molar refractivity (Wildman–Crippen MR) is 94.1 cm³/mol. The Morgan fingerprint density at radius 1 is 1.17 bits per heavy atom. The molecular formula is C19H24N4O. The summed E-state index contributed by atoms with van der Waals surface area (Å²) < 4.78 is 0. The number of fused-ring (bicyclic) bond motifs is 1. The summed E-state index contributed by atoms with van der Waals surface area (Å²) in [6.07, 6.45) is 6.99. The molecule has 1 aliphatic carbocycles. The van der Waals surface area contributed by atoms with Gasteiger partial charge in [-0.3, -0.25) is 14.8 Å². The number of nitrogens with one attached hydrogen (secondary N) is 2. The highest BCUT2D eigenvalue weighted by Crippen LogP contribution is 2.24. The fraction of sp³-hybridized carbons (Fsp3) is 0.474. The Bertz CT molecular complexity index is 731. The van der Waals surface area contributed by atoms with Gasteiger partial charge < -0.3 is 5.32 Å². The van der Waals surface area contributed by atoms with Crippen molar-refractivity contribution in [2.75, 3.05) is 18.4 Å². The SMILES string of the molecule is O=C(Nc1cccc(CN2CCCCC2)c1)c1n[nH]c2c1CCC2. The van der Waals surface area contributed by atoms with Crippen molar-refractivity contribution in [2.24, 2.45) is 0 Å². The number of anilines is 1. The van der Waals surface area contributed by atoms with Crippen molar-refractivity contribution in [2.45, 2.75) is 45.1 Å². The highest BCUT2D eigenvalue weighted by atomic mass is 16.1. The van der Waals surface area contributed by atoms with E-state index < -0.39 is 0 Å². The van der Waals surface area contributed by atoms with Gasteiger partial charge in [0.25, 0.3) is 5.91 Å². The maximum Gasteiger partial charge on any atom is 0.276 e. The van der Waals surface area contributed by atoms with E-state index in [0.717, 1.165) is 42.8 Å². The zero-order chi connectivity index (χ0) is 16.4. The molecule has 0 saturated carbocycles. The van der Waals surface area contributed by atoms with Gasteiger partial charge in [0.15, 0.2) is 5.69 Å². The number of hydrogen-bond donors (Lipinski definition) is 2. The first-order chi connectivity index (χ1) is 11.8. The lowest BCUT2D eigenvalue weighted by Gasteiger charge is -2.26. The number of amides is 1. The van der Waals surface area contributed by atoms with Crippen molar-refractivity contribution in [1.82, 2.24) is 15.1 Å². The highest BCUT2D eigenvalue weighted by molar-refractivity contribution is 6.04. The number of rotatable bonds is 4. The average Bonchev–Trinajstić information content (AvgIpc) is 3.19. The van der Waals surface area contributed by atoms with Crippen LogP contribution in [0.25, 0.3) is 0 Å². The van der Waals surface area contributed by atoms with Gasteiger partial charge in [-0.25, -0.2) is 0 Å². The molecule has 1 aromatic heterocycles. The van der Waals surface area contributed by atoms with E-state index in [4.69, 9.17) is 0 Å². The van der Waals surface area contributed by atoms with Gasteiger partial charge in [-0.15, -0.1) is 0 Å². The molecule has 2 aromatic rings. The Hall–Kier alpha value is -2.14. The number of hydrogen-bond acceptors (Lipinski definition) is 3. The Morgan fingerprint density at radius 2 is 2.04 bits per heavy atom. The fourth-order valence-corrected chi connectivity index (χ4v) is 3.82. The molecule has 1 aromatic carbocycles. The smallest absolute Gasteiger partial charge is 0.276 e. The molecule has 126 valence electrons. The third-order valence-electron chi connectivity index (χ3n) is 5.06. The van der Waals surface area contributed by atoms with Crippen LogP contribution in [0.2, 0.25) is 0 Å². The second kappa shape index (κ2) is 6.77. The van der Waals surface area contributed by atoms with E-state index in [-0.39, 0.29) is 5.91 Å². The Labute approximate surface area is 142 Å². The van der Waals surface area contributed by atoms with Crippen molar-refractivity contribution in [3.8, 4) is 0 Å². The van der Waals surface area contributed by atoms with Gasteiger partial charge in [-0.1, -0.05) is 18.6 Å². The van der Waals surface area contributed by atoms with E-state index in [2.05, 4.69) is 32.5 Å². The molecule has 0 atom stereocenters. The summed E-state index contributed by atoms with van der Waals surface area (Å²) in [7, 11) is 0. The van der Waals surface area contributed by atoms with Gasteiger partial charge in [0.2, 0.25) is 0 Å². The van der Waals surface area contributed by atoms with Crippen molar-refractivity contribution < 1.29 is 4.79 Å². The van der Waals surface area contributed by atoms with E-state index in [9.17, 15) is 4.79 Å². The molecule has 1 saturated heterocycles. The van der Waals surface area contributed by atoms with Gasteiger partial charge in [0.05, 0.1) is 0 Å². The molecule has 5 heteroatoms. The summed E-state index contributed by atoms with van der Waals surface area (Å²) in [6.45, 7) is 3.31. The van der Waals surface area contributed by atoms with E-state index in [0.29, 0.717) is 5.69 Å². The minimum absolute atomic E-state index is 0.107. The lowest BCUT2D eigenvalue weighted by atomic mass is 10.1. The molecule has 1 amide bonds. The number of aromatic nitrogens is 2. The molecule has 0 radical (unpaired) electrons. The number of aromatic amines is 1. The van der Waals surface area contributed by atoms with Gasteiger partial charge >= 0.3 is 0 Å². The maximum absolute atomic E-state index is 12.5. The van der Waals surface area contributed by atoms with E-state index in [1.807, 2.05) is 12.1 Å². The van der Waals surface area contributed by atoms with Crippen LogP contribution >= 0.6 is 0 Å². The lowest BCUT2D eigenvalue weighted by molar-refractivity contribution is 0.102. The highest BCUT2D eigenvalue weighted by Gasteiger charge is 2.23. The number of benzene rings is 1. The first kappa shape index (κ1) is 15.4. The molecule has 5 nitrogen and oxygen atoms in total. The molecule has 1 fully saturated rings. The molecule has 0 spiro atoms. The van der Waals surface area contributed by atoms with Gasteiger partial charge in [0.1, 0.15) is 0 Å². The predicted octanol–water partition coefficient (Wildman–Crippen LogP) is 3.14. The van der Waals surface area contributed by atoms with Crippen LogP contribution in [-0.4, -0.2) is 34.1 Å². The number of nitrogens with zero attached hydrogens (tertiary/aromatic N) is 2. The van der Waals surface area contributed by atoms with E-state index >= 15 is 0 Å². The summed E-state index contributed by atoms with van der Waals surface area (Å²) in [4.78, 5) is 15.0. The van der Waals surface area contributed by atoms with Gasteiger partial charge in [0, 0.05) is 23.5 Å². The fourth-order valence-electron chi connectivity index (χ4n) is 3.82. The van der Waals surface area contributed by atoms with Crippen LogP contribution in [0.15, 0.2) is 24.3 Å². The number of H-pyrrole nitrogens is 1. The van der Waals surface area contributed by atoms with Crippen LogP contribution in [0.1, 0.15) is 53.0 Å². The monoisotopic (exact) mass is 324 g/mol. The second-order valence-electron chi connectivity index (χ2n) is 6.87. The molecule has 4 rings (SSSR count). The summed E-state index contributed by atoms with van der Waals surface area (Å²) in [6, 6.07) is 8.18. The minimum atomic E-state index is -0.107. The lowest BCUT2D eigenvalue weighted by Crippen LogP contribution is -2.29. The Kier molecular flexibility index (Phi) is 4.34. The zero-order valence-corrected chi connectivity index (χ0v) is 14.0. The summed E-state index contributed by atoms with van der Waals surface area (Å²) in [5, 5.41) is 10.2. The largest absolute Gasteiger partial charge is 0.321 e. The Morgan fingerprint density at radius 3 is 2.92 bits per heavy atom. The molecule has 2 N–H and O–H groups in total. The number of carbonyl (C=O) groups excluding carboxylic acids is 1. The van der Waals surface area contributed by atoms with Crippen LogP contribution in [-0.2, 0) is 19.4 Å².